The van der Waals surface area contributed by atoms with Gasteiger partial charge >= 0.3 is 0 Å². The Morgan fingerprint density at radius 1 is 1.14 bits per heavy atom. The number of benzene rings is 2. The van der Waals surface area contributed by atoms with Crippen LogP contribution in [0.4, 0.5) is 5.69 Å². The lowest BCUT2D eigenvalue weighted by atomic mass is 10.1. The maximum atomic E-state index is 11.0. The van der Waals surface area contributed by atoms with Crippen LogP contribution in [0.3, 0.4) is 0 Å². The molecule has 0 spiro atoms. The Balaban J connectivity index is 1.64. The molecule has 0 amide bonds. The van der Waals surface area contributed by atoms with Crippen LogP contribution in [0.25, 0.3) is 6.08 Å². The molecule has 0 radical (unpaired) electrons. The fourth-order valence-electron chi connectivity index (χ4n) is 3.28. The summed E-state index contributed by atoms with van der Waals surface area (Å²) in [7, 11) is 0. The third-order valence-electron chi connectivity index (χ3n) is 4.70. The number of ether oxygens (including phenoxy) is 2. The lowest BCUT2D eigenvalue weighted by Crippen LogP contribution is -2.36. The van der Waals surface area contributed by atoms with Crippen LogP contribution in [0.2, 0.25) is 0 Å². The Morgan fingerprint density at radius 2 is 1.86 bits per heavy atom. The third-order valence-corrected chi connectivity index (χ3v) is 5.77. The summed E-state index contributed by atoms with van der Waals surface area (Å²) in [5, 5.41) is 11.8. The van der Waals surface area contributed by atoms with E-state index in [1.807, 2.05) is 53.4 Å². The Hall–Kier alpha value is -2.44. The molecule has 1 saturated heterocycles. The Kier molecular flexibility index (Phi) is 5.83. The first-order chi connectivity index (χ1) is 14.0. The first kappa shape index (κ1) is 19.9. The van der Waals surface area contributed by atoms with Gasteiger partial charge in [0.2, 0.25) is 0 Å². The molecule has 5 nitrogen and oxygen atoms in total. The normalized spacial score (nSPS) is 21.4. The number of fused-ring (bicyclic) bond motifs is 1. The van der Waals surface area contributed by atoms with Crippen LogP contribution in [-0.2, 0) is 0 Å². The molecule has 1 unspecified atom stereocenters. The summed E-state index contributed by atoms with van der Waals surface area (Å²) in [6, 6.07) is 14.0. The van der Waals surface area contributed by atoms with Crippen LogP contribution in [0, 0.1) is 12.8 Å². The first-order valence-corrected chi connectivity index (χ1v) is 10.7. The fourth-order valence-corrected chi connectivity index (χ4v) is 4.36. The number of rotatable bonds is 4. The van der Waals surface area contributed by atoms with Gasteiger partial charge in [0.25, 0.3) is 0 Å². The summed E-state index contributed by atoms with van der Waals surface area (Å²) in [5.41, 5.74) is 3.06. The third kappa shape index (κ3) is 4.60. The highest BCUT2D eigenvalue weighted by atomic mass is 32.2. The molecule has 2 aromatic rings. The van der Waals surface area contributed by atoms with E-state index in [9.17, 15) is 5.11 Å². The SMILES string of the molecule is Cc1ccc(N=C2S/C(=C\c3ccc4c(c3)OCCO4)C(O)N2CC(C)C)cc1. The van der Waals surface area contributed by atoms with Crippen molar-refractivity contribution in [2.75, 3.05) is 19.8 Å². The smallest absolute Gasteiger partial charge is 0.171 e. The predicted octanol–water partition coefficient (Wildman–Crippen LogP) is 4.82. The van der Waals surface area contributed by atoms with Crippen molar-refractivity contribution >= 4 is 28.7 Å². The largest absolute Gasteiger partial charge is 0.486 e. The Bertz CT molecular complexity index is 938. The zero-order valence-corrected chi connectivity index (χ0v) is 17.8. The van der Waals surface area contributed by atoms with Gasteiger partial charge in [-0.05, 0) is 48.7 Å². The topological polar surface area (TPSA) is 54.3 Å². The van der Waals surface area contributed by atoms with Crippen molar-refractivity contribution in [3.63, 3.8) is 0 Å². The van der Waals surface area contributed by atoms with E-state index < -0.39 is 6.23 Å². The van der Waals surface area contributed by atoms with Crippen LogP contribution in [0.1, 0.15) is 25.0 Å². The molecule has 2 heterocycles. The van der Waals surface area contributed by atoms with E-state index in [0.29, 0.717) is 19.1 Å². The number of aliphatic hydroxyl groups excluding tert-OH is 1. The lowest BCUT2D eigenvalue weighted by molar-refractivity contribution is 0.0927. The molecular formula is C23H26N2O3S. The molecule has 1 fully saturated rings. The van der Waals surface area contributed by atoms with E-state index >= 15 is 0 Å². The molecule has 2 aliphatic rings. The van der Waals surface area contributed by atoms with Gasteiger partial charge < -0.3 is 19.5 Å². The standard InChI is InChI=1S/C23H26N2O3S/c1-15(2)14-25-22(26)21(29-23(25)24-18-7-4-16(3)5-8-18)13-17-6-9-19-20(12-17)28-11-10-27-19/h4-9,12-13,15,22,26H,10-11,14H2,1-3H3/b21-13-,24-23?. The molecule has 152 valence electrons. The summed E-state index contributed by atoms with van der Waals surface area (Å²) in [6.45, 7) is 8.21. The van der Waals surface area contributed by atoms with Crippen molar-refractivity contribution in [3.8, 4) is 11.5 Å². The van der Waals surface area contributed by atoms with Gasteiger partial charge in [-0.15, -0.1) is 0 Å². The Morgan fingerprint density at radius 3 is 2.59 bits per heavy atom. The summed E-state index contributed by atoms with van der Waals surface area (Å²) >= 11 is 1.52. The van der Waals surface area contributed by atoms with E-state index in [-0.39, 0.29) is 0 Å². The lowest BCUT2D eigenvalue weighted by Gasteiger charge is -2.24. The van der Waals surface area contributed by atoms with Gasteiger partial charge in [0.1, 0.15) is 13.2 Å². The van der Waals surface area contributed by atoms with Gasteiger partial charge in [-0.1, -0.05) is 49.4 Å². The van der Waals surface area contributed by atoms with Crippen LogP contribution >= 0.6 is 11.8 Å². The van der Waals surface area contributed by atoms with Crippen molar-refractivity contribution in [3.05, 3.63) is 58.5 Å². The number of aryl methyl sites for hydroxylation is 1. The van der Waals surface area contributed by atoms with Gasteiger partial charge in [-0.2, -0.15) is 0 Å². The zero-order chi connectivity index (χ0) is 20.4. The molecule has 0 saturated carbocycles. The average molecular weight is 411 g/mol. The molecule has 0 bridgehead atoms. The van der Waals surface area contributed by atoms with Crippen LogP contribution in [0.5, 0.6) is 11.5 Å². The second kappa shape index (κ2) is 8.51. The van der Waals surface area contributed by atoms with E-state index in [1.54, 1.807) is 0 Å². The second-order valence-electron chi connectivity index (χ2n) is 7.70. The molecule has 1 atom stereocenters. The summed E-state index contributed by atoms with van der Waals surface area (Å²) in [6.07, 6.45) is 1.29. The van der Waals surface area contributed by atoms with E-state index in [1.165, 1.54) is 17.3 Å². The van der Waals surface area contributed by atoms with E-state index in [0.717, 1.165) is 39.4 Å². The highest BCUT2D eigenvalue weighted by Gasteiger charge is 2.33. The van der Waals surface area contributed by atoms with Crippen molar-refractivity contribution in [1.29, 1.82) is 0 Å². The molecule has 2 aromatic carbocycles. The van der Waals surface area contributed by atoms with Crippen molar-refractivity contribution in [1.82, 2.24) is 4.90 Å². The van der Waals surface area contributed by atoms with Crippen molar-refractivity contribution < 1.29 is 14.6 Å². The summed E-state index contributed by atoms with van der Waals surface area (Å²) in [4.78, 5) is 7.63. The number of nitrogens with zero attached hydrogens (tertiary/aromatic N) is 2. The first-order valence-electron chi connectivity index (χ1n) is 9.89. The minimum atomic E-state index is -0.709. The molecule has 0 aliphatic carbocycles. The predicted molar refractivity (Wildman–Crippen MR) is 119 cm³/mol. The highest BCUT2D eigenvalue weighted by molar-refractivity contribution is 8.17. The summed E-state index contributed by atoms with van der Waals surface area (Å²) < 4.78 is 11.3. The quantitative estimate of drug-likeness (QED) is 0.783. The minimum absolute atomic E-state index is 0.405. The van der Waals surface area contributed by atoms with Gasteiger partial charge in [-0.25, -0.2) is 4.99 Å². The van der Waals surface area contributed by atoms with Crippen molar-refractivity contribution in [2.24, 2.45) is 10.9 Å². The Labute approximate surface area is 176 Å². The van der Waals surface area contributed by atoms with Gasteiger partial charge in [0, 0.05) is 11.4 Å². The van der Waals surface area contributed by atoms with Crippen LogP contribution in [-0.4, -0.2) is 41.2 Å². The maximum Gasteiger partial charge on any atom is 0.171 e. The fraction of sp³-hybridized carbons (Fsp3) is 0.348. The maximum absolute atomic E-state index is 11.0. The molecule has 2 aliphatic heterocycles. The molecular weight excluding hydrogens is 384 g/mol. The number of hydrogen-bond donors (Lipinski definition) is 1. The second-order valence-corrected chi connectivity index (χ2v) is 8.74. The van der Waals surface area contributed by atoms with Crippen molar-refractivity contribution in [2.45, 2.75) is 27.0 Å². The number of aliphatic hydroxyl groups is 1. The van der Waals surface area contributed by atoms with Gasteiger partial charge in [-0.3, -0.25) is 0 Å². The van der Waals surface area contributed by atoms with Gasteiger partial charge in [0.05, 0.1) is 5.69 Å². The van der Waals surface area contributed by atoms with Gasteiger partial charge in [0.15, 0.2) is 22.9 Å². The number of amidine groups is 1. The monoisotopic (exact) mass is 410 g/mol. The van der Waals surface area contributed by atoms with E-state index in [4.69, 9.17) is 14.5 Å². The molecule has 4 rings (SSSR count). The van der Waals surface area contributed by atoms with Crippen LogP contribution < -0.4 is 9.47 Å². The average Bonchev–Trinajstić information content (AvgIpc) is 2.98. The molecule has 1 N–H and O–H groups in total. The van der Waals surface area contributed by atoms with E-state index in [2.05, 4.69) is 20.8 Å². The number of hydrogen-bond acceptors (Lipinski definition) is 5. The minimum Gasteiger partial charge on any atom is -0.486 e. The highest BCUT2D eigenvalue weighted by Crippen LogP contribution is 2.39. The summed E-state index contributed by atoms with van der Waals surface area (Å²) in [5.74, 6) is 1.92. The number of aliphatic imine (C=N–C) groups is 1. The zero-order valence-electron chi connectivity index (χ0n) is 17.0. The number of thioether (sulfide) groups is 1. The molecule has 0 aromatic heterocycles. The molecule has 6 heteroatoms. The molecule has 29 heavy (non-hydrogen) atoms. The van der Waals surface area contributed by atoms with Crippen LogP contribution in [0.15, 0.2) is 52.4 Å².